The Hall–Kier alpha value is -4.94. The number of methoxy groups -OCH3 is 1. The predicted octanol–water partition coefficient (Wildman–Crippen LogP) is 5.31. The van der Waals surface area contributed by atoms with Crippen molar-refractivity contribution in [3.63, 3.8) is 0 Å². The Morgan fingerprint density at radius 3 is 2.45 bits per heavy atom. The van der Waals surface area contributed by atoms with Gasteiger partial charge in [0, 0.05) is 31.4 Å². The molecule has 13 heteroatoms. The predicted molar refractivity (Wildman–Crippen MR) is 164 cm³/mol. The Labute approximate surface area is 252 Å². The molecule has 0 aliphatic heterocycles. The second kappa shape index (κ2) is 12.3. The largest absolute Gasteiger partial charge is 0.481 e. The summed E-state index contributed by atoms with van der Waals surface area (Å²) < 4.78 is 24.2. The summed E-state index contributed by atoms with van der Waals surface area (Å²) in [6.45, 7) is 4.30. The number of carbonyl (C=O) groups is 2. The summed E-state index contributed by atoms with van der Waals surface area (Å²) in [5.41, 5.74) is 9.76. The molecule has 44 heavy (non-hydrogen) atoms. The number of fused-ring (bicyclic) bond motifs is 3. The lowest BCUT2D eigenvalue weighted by atomic mass is 9.93. The molecule has 1 aliphatic rings. The van der Waals surface area contributed by atoms with Crippen molar-refractivity contribution in [1.29, 1.82) is 0 Å². The fourth-order valence-electron chi connectivity index (χ4n) is 6.06. The van der Waals surface area contributed by atoms with Gasteiger partial charge < -0.3 is 20.6 Å². The summed E-state index contributed by atoms with van der Waals surface area (Å²) in [6, 6.07) is 7.79. The number of aliphatic carboxylic acids is 1. The SMILES string of the molecule is CCn1cc(-c2[nH]c3ncc4c(c3c2-c2ccc(C(C)CC(=O)O)cc2)n(C2CCCC2)c(=O)n4C)c(F)n1.COC(N)=O. The zero-order valence-electron chi connectivity index (χ0n) is 25.1. The third-order valence-electron chi connectivity index (χ3n) is 8.32. The second-order valence-electron chi connectivity index (χ2n) is 11.1. The van der Waals surface area contributed by atoms with E-state index in [0.717, 1.165) is 58.8 Å². The lowest BCUT2D eigenvalue weighted by Gasteiger charge is -2.13. The van der Waals surface area contributed by atoms with E-state index in [1.807, 2.05) is 42.7 Å². The lowest BCUT2D eigenvalue weighted by Crippen LogP contribution is -2.24. The number of hydrogen-bond acceptors (Lipinski definition) is 6. The van der Waals surface area contributed by atoms with Crippen LogP contribution in [0.25, 0.3) is 44.5 Å². The van der Waals surface area contributed by atoms with E-state index in [4.69, 9.17) is 0 Å². The number of pyridine rings is 1. The van der Waals surface area contributed by atoms with Gasteiger partial charge in [-0.15, -0.1) is 5.10 Å². The van der Waals surface area contributed by atoms with Crippen LogP contribution in [0.2, 0.25) is 0 Å². The molecule has 1 aliphatic carbocycles. The van der Waals surface area contributed by atoms with E-state index in [2.05, 4.69) is 25.5 Å². The Kier molecular flexibility index (Phi) is 8.56. The lowest BCUT2D eigenvalue weighted by molar-refractivity contribution is -0.137. The van der Waals surface area contributed by atoms with Crippen molar-refractivity contribution < 1.29 is 23.8 Å². The van der Waals surface area contributed by atoms with Gasteiger partial charge in [0.25, 0.3) is 0 Å². The van der Waals surface area contributed by atoms with Crippen molar-refractivity contribution in [2.24, 2.45) is 12.8 Å². The summed E-state index contributed by atoms with van der Waals surface area (Å²) in [5.74, 6) is -1.60. The molecule has 232 valence electrons. The molecule has 1 amide bonds. The van der Waals surface area contributed by atoms with Gasteiger partial charge in [0.05, 0.1) is 47.4 Å². The molecule has 0 radical (unpaired) electrons. The van der Waals surface area contributed by atoms with Gasteiger partial charge in [-0.25, -0.2) is 14.6 Å². The topological polar surface area (TPSA) is 163 Å². The third kappa shape index (κ3) is 5.56. The maximum absolute atomic E-state index is 15.2. The van der Waals surface area contributed by atoms with Crippen molar-refractivity contribution in [2.75, 3.05) is 7.11 Å². The molecular weight excluding hydrogens is 569 g/mol. The molecule has 6 rings (SSSR count). The number of rotatable bonds is 7. The minimum absolute atomic E-state index is 0.0291. The molecule has 1 saturated carbocycles. The molecule has 1 aromatic carbocycles. The third-order valence-corrected chi connectivity index (χ3v) is 8.32. The smallest absolute Gasteiger partial charge is 0.404 e. The number of nitrogens with two attached hydrogens (primary N) is 1. The Bertz CT molecular complexity index is 1890. The number of nitrogens with zero attached hydrogens (tertiary/aromatic N) is 5. The fraction of sp³-hybridized carbons (Fsp3) is 0.387. The number of imidazole rings is 1. The second-order valence-corrected chi connectivity index (χ2v) is 11.1. The van der Waals surface area contributed by atoms with Crippen molar-refractivity contribution in [3.8, 4) is 22.4 Å². The van der Waals surface area contributed by atoms with Crippen molar-refractivity contribution in [2.45, 2.75) is 64.5 Å². The number of nitrogens with one attached hydrogen (secondary N) is 1. The van der Waals surface area contributed by atoms with Crippen LogP contribution in [0, 0.1) is 5.95 Å². The minimum atomic E-state index is -0.851. The van der Waals surface area contributed by atoms with Crippen LogP contribution in [0.5, 0.6) is 0 Å². The fourth-order valence-corrected chi connectivity index (χ4v) is 6.06. The summed E-state index contributed by atoms with van der Waals surface area (Å²) in [5, 5.41) is 14.0. The van der Waals surface area contributed by atoms with Gasteiger partial charge in [0.15, 0.2) is 0 Å². The van der Waals surface area contributed by atoms with E-state index in [1.54, 1.807) is 28.7 Å². The van der Waals surface area contributed by atoms with Crippen molar-refractivity contribution in [1.82, 2.24) is 28.9 Å². The van der Waals surface area contributed by atoms with Gasteiger partial charge >= 0.3 is 17.8 Å². The Morgan fingerprint density at radius 1 is 1.23 bits per heavy atom. The molecule has 0 bridgehead atoms. The van der Waals surface area contributed by atoms with Crippen LogP contribution in [0.1, 0.15) is 63.5 Å². The first-order chi connectivity index (χ1) is 21.0. The number of aryl methyl sites for hydroxylation is 2. The molecule has 0 saturated heterocycles. The highest BCUT2D eigenvalue weighted by molar-refractivity contribution is 6.14. The van der Waals surface area contributed by atoms with Gasteiger partial charge in [-0.1, -0.05) is 44.0 Å². The zero-order valence-corrected chi connectivity index (χ0v) is 25.1. The molecule has 12 nitrogen and oxygen atoms in total. The monoisotopic (exact) mass is 605 g/mol. The van der Waals surface area contributed by atoms with E-state index < -0.39 is 18.0 Å². The number of aromatic amines is 1. The number of amides is 1. The van der Waals surface area contributed by atoms with Crippen LogP contribution < -0.4 is 11.4 Å². The van der Waals surface area contributed by atoms with Crippen LogP contribution in [0.3, 0.4) is 0 Å². The van der Waals surface area contributed by atoms with Crippen LogP contribution in [-0.4, -0.2) is 53.2 Å². The first kappa shape index (κ1) is 30.5. The standard InChI is InChI=1S/C29H31FN6O3.C2H5NO2/c1-4-35-15-20(27(30)33-35)25-23(18-11-9-17(10-12-18)16(2)13-22(37)38)24-26-21(14-31-28(24)32-25)34(3)29(39)36(26)19-7-5-6-8-19;1-5-2(3)4/h9-12,14-16,19H,4-8,13H2,1-3H3,(H,31,32)(H,37,38);1H3,(H2,3,4). The highest BCUT2D eigenvalue weighted by Gasteiger charge is 2.28. The highest BCUT2D eigenvalue weighted by Crippen LogP contribution is 2.43. The van der Waals surface area contributed by atoms with Crippen LogP contribution in [0.4, 0.5) is 9.18 Å². The summed E-state index contributed by atoms with van der Waals surface area (Å²) in [6.07, 6.45) is 6.68. The van der Waals surface area contributed by atoms with E-state index in [9.17, 15) is 19.5 Å². The number of benzene rings is 1. The number of aromatic nitrogens is 6. The number of ether oxygens (including phenoxy) is 1. The number of carboxylic acids is 1. The molecule has 4 N–H and O–H groups in total. The first-order valence-electron chi connectivity index (χ1n) is 14.6. The average molecular weight is 606 g/mol. The highest BCUT2D eigenvalue weighted by atomic mass is 19.1. The average Bonchev–Trinajstić information content (AvgIpc) is 3.78. The molecule has 5 aromatic rings. The number of carbonyl (C=O) groups excluding carboxylic acids is 1. The molecule has 1 unspecified atom stereocenters. The maximum Gasteiger partial charge on any atom is 0.404 e. The van der Waals surface area contributed by atoms with Gasteiger partial charge in [-0.3, -0.25) is 18.6 Å². The van der Waals surface area contributed by atoms with Gasteiger partial charge in [-0.2, -0.15) is 4.39 Å². The molecule has 0 spiro atoms. The number of hydrogen-bond donors (Lipinski definition) is 3. The molecule has 4 aromatic heterocycles. The quantitative estimate of drug-likeness (QED) is 0.226. The minimum Gasteiger partial charge on any atom is -0.481 e. The maximum atomic E-state index is 15.2. The van der Waals surface area contributed by atoms with Crippen molar-refractivity contribution >= 4 is 34.1 Å². The molecular formula is C31H36FN7O5. The van der Waals surface area contributed by atoms with E-state index >= 15 is 4.39 Å². The van der Waals surface area contributed by atoms with Gasteiger partial charge in [-0.05, 0) is 36.8 Å². The van der Waals surface area contributed by atoms with Gasteiger partial charge in [0.1, 0.15) is 5.65 Å². The van der Waals surface area contributed by atoms with E-state index in [1.165, 1.54) is 7.11 Å². The number of halogens is 1. The summed E-state index contributed by atoms with van der Waals surface area (Å²) >= 11 is 0. The summed E-state index contributed by atoms with van der Waals surface area (Å²) in [7, 11) is 2.99. The van der Waals surface area contributed by atoms with Crippen LogP contribution in [-0.2, 0) is 23.1 Å². The number of carboxylic acid groups (broad SMARTS) is 1. The van der Waals surface area contributed by atoms with Crippen LogP contribution >= 0.6 is 0 Å². The molecule has 4 heterocycles. The van der Waals surface area contributed by atoms with Crippen LogP contribution in [0.15, 0.2) is 41.5 Å². The first-order valence-corrected chi connectivity index (χ1v) is 14.6. The van der Waals surface area contributed by atoms with Gasteiger partial charge in [0.2, 0.25) is 5.95 Å². The number of H-pyrrole nitrogens is 1. The molecule has 1 atom stereocenters. The van der Waals surface area contributed by atoms with Crippen molar-refractivity contribution in [3.05, 3.63) is 58.7 Å². The van der Waals surface area contributed by atoms with E-state index in [-0.39, 0.29) is 24.1 Å². The normalized spacial score (nSPS) is 14.1. The molecule has 1 fully saturated rings. The summed E-state index contributed by atoms with van der Waals surface area (Å²) in [4.78, 5) is 42.2. The Balaban J connectivity index is 0.000000712. The number of primary amides is 1. The van der Waals surface area contributed by atoms with E-state index in [0.29, 0.717) is 23.4 Å². The zero-order chi connectivity index (χ0) is 31.7. The Morgan fingerprint density at radius 2 is 1.89 bits per heavy atom.